The molecule has 1 heterocycles. The third kappa shape index (κ3) is 1.86. The van der Waals surface area contributed by atoms with Gasteiger partial charge in [-0.15, -0.1) is 11.3 Å². The van der Waals surface area contributed by atoms with E-state index in [1.165, 1.54) is 11.3 Å². The first kappa shape index (κ1) is 10.9. The van der Waals surface area contributed by atoms with Gasteiger partial charge in [0.05, 0.1) is 4.88 Å². The van der Waals surface area contributed by atoms with Gasteiger partial charge in [0.25, 0.3) is 0 Å². The van der Waals surface area contributed by atoms with Crippen molar-refractivity contribution in [2.24, 2.45) is 0 Å². The van der Waals surface area contributed by atoms with Crippen LogP contribution < -0.4 is 5.73 Å². The number of carbonyl (C=O) groups excluding carboxylic acids is 1. The minimum atomic E-state index is 0.745. The Morgan fingerprint density at radius 1 is 1.25 bits per heavy atom. The first-order chi connectivity index (χ1) is 7.61. The number of nitrogens with two attached hydrogens (primary N) is 1. The molecule has 82 valence electrons. The zero-order valence-corrected chi connectivity index (χ0v) is 10.1. The third-order valence-corrected chi connectivity index (χ3v) is 3.64. The molecule has 0 aliphatic heterocycles. The van der Waals surface area contributed by atoms with E-state index in [1.54, 1.807) is 0 Å². The van der Waals surface area contributed by atoms with Gasteiger partial charge in [0.2, 0.25) is 0 Å². The van der Waals surface area contributed by atoms with Crippen molar-refractivity contribution >= 4 is 23.3 Å². The Labute approximate surface area is 98.7 Å². The fourth-order valence-electron chi connectivity index (χ4n) is 1.70. The summed E-state index contributed by atoms with van der Waals surface area (Å²) in [5.41, 5.74) is 10.1. The monoisotopic (exact) mass is 231 g/mol. The van der Waals surface area contributed by atoms with E-state index in [0.29, 0.717) is 0 Å². The SMILES string of the molecule is Cc1cc(N)c(C)c(-c2ccc(C=O)s2)c1. The number of nitrogen functional groups attached to an aromatic ring is 1. The van der Waals surface area contributed by atoms with Crippen LogP contribution in [0, 0.1) is 13.8 Å². The molecule has 2 nitrogen and oxygen atoms in total. The molecule has 0 saturated carbocycles. The maximum absolute atomic E-state index is 10.7. The lowest BCUT2D eigenvalue weighted by molar-refractivity contribution is 0.112. The van der Waals surface area contributed by atoms with E-state index in [4.69, 9.17) is 5.73 Å². The average molecular weight is 231 g/mol. The normalized spacial score (nSPS) is 10.4. The Kier molecular flexibility index (Phi) is 2.79. The van der Waals surface area contributed by atoms with E-state index in [0.717, 1.165) is 38.4 Å². The molecule has 3 heteroatoms. The Hall–Kier alpha value is -1.61. The average Bonchev–Trinajstić information content (AvgIpc) is 2.71. The highest BCUT2D eigenvalue weighted by atomic mass is 32.1. The Morgan fingerprint density at radius 3 is 2.62 bits per heavy atom. The topological polar surface area (TPSA) is 43.1 Å². The van der Waals surface area contributed by atoms with Crippen molar-refractivity contribution < 1.29 is 4.79 Å². The van der Waals surface area contributed by atoms with Crippen molar-refractivity contribution in [1.29, 1.82) is 0 Å². The summed E-state index contributed by atoms with van der Waals surface area (Å²) in [6.07, 6.45) is 0.878. The van der Waals surface area contributed by atoms with E-state index < -0.39 is 0 Å². The van der Waals surface area contributed by atoms with Crippen LogP contribution in [0.2, 0.25) is 0 Å². The Morgan fingerprint density at radius 2 is 2.00 bits per heavy atom. The van der Waals surface area contributed by atoms with Crippen LogP contribution in [0.5, 0.6) is 0 Å². The van der Waals surface area contributed by atoms with Gasteiger partial charge in [-0.25, -0.2) is 0 Å². The molecule has 0 aliphatic carbocycles. The van der Waals surface area contributed by atoms with Crippen LogP contribution >= 0.6 is 11.3 Å². The molecule has 0 bridgehead atoms. The molecule has 0 unspecified atom stereocenters. The van der Waals surface area contributed by atoms with E-state index in [9.17, 15) is 4.79 Å². The third-order valence-electron chi connectivity index (χ3n) is 2.60. The zero-order chi connectivity index (χ0) is 11.7. The molecule has 0 saturated heterocycles. The minimum absolute atomic E-state index is 0.745. The van der Waals surface area contributed by atoms with E-state index in [1.807, 2.05) is 32.0 Å². The predicted molar refractivity (Wildman–Crippen MR) is 69.0 cm³/mol. The second kappa shape index (κ2) is 4.10. The summed E-state index contributed by atoms with van der Waals surface area (Å²) in [6.45, 7) is 4.03. The molecule has 2 rings (SSSR count). The van der Waals surface area contributed by atoms with Crippen LogP contribution in [0.1, 0.15) is 20.8 Å². The lowest BCUT2D eigenvalue weighted by Gasteiger charge is -2.08. The van der Waals surface area contributed by atoms with Gasteiger partial charge in [0, 0.05) is 10.6 Å². The van der Waals surface area contributed by atoms with Gasteiger partial charge >= 0.3 is 0 Å². The highest BCUT2D eigenvalue weighted by Crippen LogP contribution is 2.33. The summed E-state index contributed by atoms with van der Waals surface area (Å²) in [4.78, 5) is 12.5. The lowest BCUT2D eigenvalue weighted by atomic mass is 10.0. The number of aldehydes is 1. The molecular formula is C13H13NOS. The minimum Gasteiger partial charge on any atom is -0.398 e. The molecule has 2 aromatic rings. The van der Waals surface area contributed by atoms with Crippen LogP contribution in [0.3, 0.4) is 0 Å². The van der Waals surface area contributed by atoms with E-state index in [-0.39, 0.29) is 0 Å². The highest BCUT2D eigenvalue weighted by molar-refractivity contribution is 7.17. The molecule has 0 fully saturated rings. The van der Waals surface area contributed by atoms with Crippen molar-refractivity contribution in [3.63, 3.8) is 0 Å². The van der Waals surface area contributed by atoms with Crippen molar-refractivity contribution in [3.8, 4) is 10.4 Å². The van der Waals surface area contributed by atoms with Crippen LogP contribution in [0.4, 0.5) is 5.69 Å². The number of anilines is 1. The van der Waals surface area contributed by atoms with Gasteiger partial charge in [0.1, 0.15) is 0 Å². The van der Waals surface area contributed by atoms with Gasteiger partial charge in [-0.3, -0.25) is 4.79 Å². The summed E-state index contributed by atoms with van der Waals surface area (Å²) in [5, 5.41) is 0. The molecular weight excluding hydrogens is 218 g/mol. The standard InChI is InChI=1S/C13H13NOS/c1-8-5-11(9(2)12(14)6-8)13-4-3-10(7-15)16-13/h3-7H,14H2,1-2H3. The van der Waals surface area contributed by atoms with Crippen LogP contribution in [-0.4, -0.2) is 6.29 Å². The fourth-order valence-corrected chi connectivity index (χ4v) is 2.60. The van der Waals surface area contributed by atoms with Gasteiger partial charge in [-0.1, -0.05) is 6.07 Å². The van der Waals surface area contributed by atoms with Crippen LogP contribution in [0.25, 0.3) is 10.4 Å². The molecule has 16 heavy (non-hydrogen) atoms. The Bertz CT molecular complexity index is 543. The fraction of sp³-hybridized carbons (Fsp3) is 0.154. The number of thiophene rings is 1. The molecule has 0 spiro atoms. The van der Waals surface area contributed by atoms with Gasteiger partial charge in [-0.05, 0) is 48.7 Å². The van der Waals surface area contributed by atoms with Gasteiger partial charge < -0.3 is 5.73 Å². The molecule has 0 aliphatic rings. The lowest BCUT2D eigenvalue weighted by Crippen LogP contribution is -1.92. The van der Waals surface area contributed by atoms with Crippen molar-refractivity contribution in [2.45, 2.75) is 13.8 Å². The highest BCUT2D eigenvalue weighted by Gasteiger charge is 2.08. The van der Waals surface area contributed by atoms with Gasteiger partial charge in [-0.2, -0.15) is 0 Å². The van der Waals surface area contributed by atoms with E-state index in [2.05, 4.69) is 6.07 Å². The first-order valence-electron chi connectivity index (χ1n) is 5.04. The van der Waals surface area contributed by atoms with Crippen LogP contribution in [-0.2, 0) is 0 Å². The second-order valence-corrected chi connectivity index (χ2v) is 4.96. The number of rotatable bonds is 2. The maximum Gasteiger partial charge on any atom is 0.160 e. The predicted octanol–water partition coefficient (Wildman–Crippen LogP) is 3.43. The number of hydrogen-bond donors (Lipinski definition) is 1. The smallest absolute Gasteiger partial charge is 0.160 e. The first-order valence-corrected chi connectivity index (χ1v) is 5.85. The summed E-state index contributed by atoms with van der Waals surface area (Å²) >= 11 is 1.49. The number of benzene rings is 1. The molecule has 0 radical (unpaired) electrons. The zero-order valence-electron chi connectivity index (χ0n) is 9.28. The number of hydrogen-bond acceptors (Lipinski definition) is 3. The van der Waals surface area contributed by atoms with Crippen molar-refractivity contribution in [1.82, 2.24) is 0 Å². The van der Waals surface area contributed by atoms with Crippen molar-refractivity contribution in [2.75, 3.05) is 5.73 Å². The molecule has 2 N–H and O–H groups in total. The second-order valence-electron chi connectivity index (χ2n) is 3.85. The molecule has 1 aromatic carbocycles. The van der Waals surface area contributed by atoms with E-state index >= 15 is 0 Å². The quantitative estimate of drug-likeness (QED) is 0.635. The number of aryl methyl sites for hydroxylation is 1. The summed E-state index contributed by atoms with van der Waals surface area (Å²) < 4.78 is 0. The van der Waals surface area contributed by atoms with Crippen molar-refractivity contribution in [3.05, 3.63) is 40.3 Å². The summed E-state index contributed by atoms with van der Waals surface area (Å²) in [7, 11) is 0. The summed E-state index contributed by atoms with van der Waals surface area (Å²) in [5.74, 6) is 0. The van der Waals surface area contributed by atoms with Crippen LogP contribution in [0.15, 0.2) is 24.3 Å². The molecule has 0 atom stereocenters. The van der Waals surface area contributed by atoms with Gasteiger partial charge in [0.15, 0.2) is 6.29 Å². The molecule has 1 aromatic heterocycles. The largest absolute Gasteiger partial charge is 0.398 e. The summed E-state index contributed by atoms with van der Waals surface area (Å²) in [6, 6.07) is 7.87. The maximum atomic E-state index is 10.7. The number of carbonyl (C=O) groups is 1. The Balaban J connectivity index is 2.58. The molecule has 0 amide bonds.